The minimum atomic E-state index is -1.66. The van der Waals surface area contributed by atoms with E-state index in [1.807, 2.05) is 0 Å². The molecule has 0 aromatic carbocycles. The first kappa shape index (κ1) is 65.6. The third kappa shape index (κ3) is 36.2. The number of allylic oxidation sites excluding steroid dienone is 4. The Kier molecular flexibility index (Phi) is 45.2. The molecule has 0 radical (unpaired) electrons. The molecule has 8 N–H and O–H groups in total. The summed E-state index contributed by atoms with van der Waals surface area (Å²) in [6, 6.07) is -1.17. The topological polar surface area (TPSA) is 189 Å². The van der Waals surface area contributed by atoms with E-state index in [-0.39, 0.29) is 6.42 Å². The van der Waals surface area contributed by atoms with Gasteiger partial charge in [-0.25, -0.2) is 0 Å². The number of ether oxygens (including phenoxy) is 2. The standard InChI is InChI=1S/C58H111NO10/c1-3-5-7-9-11-13-15-17-19-21-23-24-25-26-27-28-30-32-34-36-38-40-42-44-46-51(62)57(67)59-49(48-68-58-56(66)55(65)54(64)52(47-60)69-58)53(63)50(61)45-43-41-39-37-35-33-31-29-22-20-18-16-14-12-10-8-6-4-2/h23-24,26-27,49-56,58,60-66H,3-22,25,28-48H2,1-2H3,(H,59,67)/b24-23-,27-26-. The van der Waals surface area contributed by atoms with Crippen LogP contribution in [0, 0.1) is 0 Å². The van der Waals surface area contributed by atoms with Crippen molar-refractivity contribution < 1.29 is 50.0 Å². The number of aliphatic hydroxyl groups is 7. The lowest BCUT2D eigenvalue weighted by Crippen LogP contribution is -2.60. The maximum Gasteiger partial charge on any atom is 0.249 e. The highest BCUT2D eigenvalue weighted by Crippen LogP contribution is 2.23. The molecule has 69 heavy (non-hydrogen) atoms. The number of unbranched alkanes of at least 4 members (excludes halogenated alkanes) is 34. The fourth-order valence-corrected chi connectivity index (χ4v) is 9.47. The number of hydrogen-bond donors (Lipinski definition) is 8. The Morgan fingerprint density at radius 1 is 0.507 bits per heavy atom. The zero-order valence-corrected chi connectivity index (χ0v) is 44.6. The number of carbonyl (C=O) groups is 1. The van der Waals surface area contributed by atoms with Crippen LogP contribution in [-0.2, 0) is 14.3 Å². The number of nitrogens with one attached hydrogen (secondary N) is 1. The van der Waals surface area contributed by atoms with Gasteiger partial charge in [0.1, 0.15) is 36.6 Å². The van der Waals surface area contributed by atoms with Crippen LogP contribution in [0.1, 0.15) is 271 Å². The molecule has 1 fully saturated rings. The Morgan fingerprint density at radius 3 is 1.29 bits per heavy atom. The first-order valence-corrected chi connectivity index (χ1v) is 29.2. The lowest BCUT2D eigenvalue weighted by Gasteiger charge is -2.40. The van der Waals surface area contributed by atoms with E-state index in [1.54, 1.807) is 0 Å². The lowest BCUT2D eigenvalue weighted by molar-refractivity contribution is -0.303. The van der Waals surface area contributed by atoms with Crippen LogP contribution in [0.15, 0.2) is 24.3 Å². The summed E-state index contributed by atoms with van der Waals surface area (Å²) in [5.74, 6) is -0.698. The van der Waals surface area contributed by atoms with E-state index in [4.69, 9.17) is 9.47 Å². The van der Waals surface area contributed by atoms with Gasteiger partial charge in [-0.3, -0.25) is 4.79 Å². The van der Waals surface area contributed by atoms with E-state index >= 15 is 0 Å². The van der Waals surface area contributed by atoms with Gasteiger partial charge in [0.25, 0.3) is 0 Å². The van der Waals surface area contributed by atoms with Crippen molar-refractivity contribution in [3.8, 4) is 0 Å². The van der Waals surface area contributed by atoms with Crippen molar-refractivity contribution in [2.45, 2.75) is 326 Å². The molecule has 1 rings (SSSR count). The van der Waals surface area contributed by atoms with E-state index in [0.717, 1.165) is 51.4 Å². The SMILES string of the molecule is CCCCCCCCCCC/C=C\C/C=C\CCCCCCCCCCC(O)C(=O)NC(COC1OC(CO)C(O)C(O)C1O)C(O)C(O)CCCCCCCCCCCCCCCCCCCC. The Morgan fingerprint density at radius 2 is 0.884 bits per heavy atom. The monoisotopic (exact) mass is 982 g/mol. The summed E-state index contributed by atoms with van der Waals surface area (Å²) in [6.45, 7) is 3.48. The molecular formula is C58H111NO10. The van der Waals surface area contributed by atoms with E-state index in [0.29, 0.717) is 19.3 Å². The van der Waals surface area contributed by atoms with E-state index in [9.17, 15) is 40.5 Å². The van der Waals surface area contributed by atoms with Gasteiger partial charge in [0.05, 0.1) is 25.4 Å². The number of rotatable bonds is 50. The Balaban J connectivity index is 2.31. The summed E-state index contributed by atoms with van der Waals surface area (Å²) in [5.41, 5.74) is 0. The molecule has 1 aliphatic heterocycles. The van der Waals surface area contributed by atoms with Gasteiger partial charge in [-0.05, 0) is 44.9 Å². The van der Waals surface area contributed by atoms with Crippen LogP contribution in [0.5, 0.6) is 0 Å². The Labute approximate surface area is 423 Å². The highest BCUT2D eigenvalue weighted by atomic mass is 16.7. The van der Waals surface area contributed by atoms with Gasteiger partial charge in [0.15, 0.2) is 6.29 Å². The van der Waals surface area contributed by atoms with E-state index in [2.05, 4.69) is 43.5 Å². The highest BCUT2D eigenvalue weighted by molar-refractivity contribution is 5.80. The van der Waals surface area contributed by atoms with E-state index in [1.165, 1.54) is 180 Å². The van der Waals surface area contributed by atoms with Gasteiger partial charge in [0, 0.05) is 0 Å². The summed E-state index contributed by atoms with van der Waals surface area (Å²) in [6.07, 6.45) is 45.1. The average molecular weight is 983 g/mol. The van der Waals surface area contributed by atoms with Crippen LogP contribution in [0.3, 0.4) is 0 Å². The molecule has 0 aliphatic carbocycles. The molecule has 408 valence electrons. The minimum absolute atomic E-state index is 0.255. The van der Waals surface area contributed by atoms with Crippen LogP contribution >= 0.6 is 0 Å². The van der Waals surface area contributed by atoms with Gasteiger partial charge >= 0.3 is 0 Å². The van der Waals surface area contributed by atoms with Crippen molar-refractivity contribution in [1.29, 1.82) is 0 Å². The third-order valence-corrected chi connectivity index (χ3v) is 14.3. The highest BCUT2D eigenvalue weighted by Gasteiger charge is 2.44. The number of carbonyl (C=O) groups excluding carboxylic acids is 1. The quantitative estimate of drug-likeness (QED) is 0.0215. The molecule has 1 amide bonds. The fourth-order valence-electron chi connectivity index (χ4n) is 9.47. The summed E-state index contributed by atoms with van der Waals surface area (Å²) in [7, 11) is 0. The van der Waals surface area contributed by atoms with Crippen LogP contribution in [0.25, 0.3) is 0 Å². The average Bonchev–Trinajstić information content (AvgIpc) is 3.35. The first-order chi connectivity index (χ1) is 33.7. The maximum absolute atomic E-state index is 13.2. The number of amides is 1. The molecule has 11 nitrogen and oxygen atoms in total. The molecule has 0 spiro atoms. The molecule has 0 bridgehead atoms. The van der Waals surface area contributed by atoms with Crippen molar-refractivity contribution >= 4 is 5.91 Å². The predicted molar refractivity (Wildman–Crippen MR) is 284 cm³/mol. The second kappa shape index (κ2) is 47.6. The molecule has 9 unspecified atom stereocenters. The Hall–Kier alpha value is -1.41. The third-order valence-electron chi connectivity index (χ3n) is 14.3. The van der Waals surface area contributed by atoms with Crippen LogP contribution < -0.4 is 5.32 Å². The molecule has 0 saturated carbocycles. The zero-order valence-electron chi connectivity index (χ0n) is 44.6. The second-order valence-electron chi connectivity index (χ2n) is 20.7. The minimum Gasteiger partial charge on any atom is -0.394 e. The summed E-state index contributed by atoms with van der Waals surface area (Å²) < 4.78 is 11.1. The van der Waals surface area contributed by atoms with Gasteiger partial charge in [0.2, 0.25) is 5.91 Å². The summed E-state index contributed by atoms with van der Waals surface area (Å²) in [5, 5.41) is 76.2. The van der Waals surface area contributed by atoms with Gasteiger partial charge in [-0.1, -0.05) is 250 Å². The van der Waals surface area contributed by atoms with Gasteiger partial charge in [-0.2, -0.15) is 0 Å². The van der Waals surface area contributed by atoms with Crippen molar-refractivity contribution in [1.82, 2.24) is 5.32 Å². The zero-order chi connectivity index (χ0) is 50.4. The molecule has 11 heteroatoms. The van der Waals surface area contributed by atoms with Crippen LogP contribution in [-0.4, -0.2) is 110 Å². The van der Waals surface area contributed by atoms with Gasteiger partial charge in [-0.15, -0.1) is 0 Å². The molecule has 0 aromatic heterocycles. The summed E-state index contributed by atoms with van der Waals surface area (Å²) >= 11 is 0. The molecule has 0 aromatic rings. The molecule has 1 saturated heterocycles. The summed E-state index contributed by atoms with van der Waals surface area (Å²) in [4.78, 5) is 13.2. The Bertz CT molecular complexity index is 1170. The van der Waals surface area contributed by atoms with Crippen molar-refractivity contribution in [2.24, 2.45) is 0 Å². The first-order valence-electron chi connectivity index (χ1n) is 29.2. The lowest BCUT2D eigenvalue weighted by atomic mass is 9.98. The van der Waals surface area contributed by atoms with E-state index < -0.39 is 74.2 Å². The fraction of sp³-hybridized carbons (Fsp3) is 0.914. The number of aliphatic hydroxyl groups excluding tert-OH is 7. The second-order valence-corrected chi connectivity index (χ2v) is 20.7. The van der Waals surface area contributed by atoms with Gasteiger partial charge < -0.3 is 50.5 Å². The normalized spacial score (nSPS) is 20.5. The molecule has 1 heterocycles. The molecule has 1 aliphatic rings. The largest absolute Gasteiger partial charge is 0.394 e. The van der Waals surface area contributed by atoms with Crippen molar-refractivity contribution in [3.63, 3.8) is 0 Å². The number of hydrogen-bond acceptors (Lipinski definition) is 10. The van der Waals surface area contributed by atoms with Crippen molar-refractivity contribution in [2.75, 3.05) is 13.2 Å². The molecule has 9 atom stereocenters. The van der Waals surface area contributed by atoms with Crippen LogP contribution in [0.2, 0.25) is 0 Å². The van der Waals surface area contributed by atoms with Crippen LogP contribution in [0.4, 0.5) is 0 Å². The predicted octanol–water partition coefficient (Wildman–Crippen LogP) is 12.1. The molecular weight excluding hydrogens is 871 g/mol. The smallest absolute Gasteiger partial charge is 0.249 e. The maximum atomic E-state index is 13.2. The van der Waals surface area contributed by atoms with Crippen molar-refractivity contribution in [3.05, 3.63) is 24.3 Å².